The molecule has 1 aliphatic heterocycles. The first-order chi connectivity index (χ1) is 10.6. The molecule has 0 radical (unpaired) electrons. The second kappa shape index (κ2) is 7.26. The number of carbonyl (C=O) groups is 1. The van der Waals surface area contributed by atoms with Gasteiger partial charge >= 0.3 is 5.97 Å². The van der Waals surface area contributed by atoms with E-state index in [0.29, 0.717) is 29.6 Å². The Kier molecular flexibility index (Phi) is 5.38. The van der Waals surface area contributed by atoms with Crippen molar-refractivity contribution in [3.05, 3.63) is 41.1 Å². The van der Waals surface area contributed by atoms with Gasteiger partial charge in [0.05, 0.1) is 24.8 Å². The molecule has 0 aliphatic carbocycles. The Bertz CT molecular complexity index is 613. The van der Waals surface area contributed by atoms with Gasteiger partial charge < -0.3 is 20.1 Å². The van der Waals surface area contributed by atoms with Crippen LogP contribution in [0, 0.1) is 0 Å². The van der Waals surface area contributed by atoms with Crippen molar-refractivity contribution in [3.63, 3.8) is 0 Å². The van der Waals surface area contributed by atoms with E-state index in [1.165, 1.54) is 0 Å². The van der Waals surface area contributed by atoms with E-state index in [1.54, 1.807) is 6.92 Å². The van der Waals surface area contributed by atoms with Gasteiger partial charge in [0.2, 0.25) is 0 Å². The average Bonchev–Trinajstić information content (AvgIpc) is 2.47. The Balaban J connectivity index is 2.48. The third kappa shape index (κ3) is 3.39. The van der Waals surface area contributed by atoms with Gasteiger partial charge in [-0.3, -0.25) is 0 Å². The van der Waals surface area contributed by atoms with Crippen molar-refractivity contribution in [1.82, 2.24) is 10.6 Å². The third-order valence-corrected chi connectivity index (χ3v) is 3.51. The van der Waals surface area contributed by atoms with Gasteiger partial charge in [0.15, 0.2) is 5.11 Å². The standard InChI is InChI=1S/C16H20N2O3S/c1-4-20-12-9-7-6-8-11(12)14-13(15(19)21-5-2)10(3)17-16(22)18-14/h6-9,14H,4-5H2,1-3H3,(H2,17,18,22). The number of hydrogen-bond donors (Lipinski definition) is 2. The predicted octanol–water partition coefficient (Wildman–Crippen LogP) is 2.44. The SMILES string of the molecule is CCOC(=O)C1=C(C)NC(=S)NC1c1ccccc1OCC. The Morgan fingerprint density at radius 1 is 1.27 bits per heavy atom. The lowest BCUT2D eigenvalue weighted by molar-refractivity contribution is -0.139. The van der Waals surface area contributed by atoms with Crippen molar-refractivity contribution in [2.24, 2.45) is 0 Å². The van der Waals surface area contributed by atoms with Crippen molar-refractivity contribution in [2.75, 3.05) is 13.2 Å². The second-order valence-electron chi connectivity index (χ2n) is 4.76. The minimum Gasteiger partial charge on any atom is -0.494 e. The topological polar surface area (TPSA) is 59.6 Å². The average molecular weight is 320 g/mol. The van der Waals surface area contributed by atoms with E-state index < -0.39 is 6.04 Å². The molecule has 1 aromatic rings. The summed E-state index contributed by atoms with van der Waals surface area (Å²) in [5, 5.41) is 6.58. The van der Waals surface area contributed by atoms with Gasteiger partial charge in [-0.25, -0.2) is 4.79 Å². The van der Waals surface area contributed by atoms with E-state index >= 15 is 0 Å². The molecular weight excluding hydrogens is 300 g/mol. The van der Waals surface area contributed by atoms with Gasteiger partial charge in [-0.1, -0.05) is 18.2 Å². The van der Waals surface area contributed by atoms with Crippen LogP contribution < -0.4 is 15.4 Å². The minimum atomic E-state index is -0.393. The van der Waals surface area contributed by atoms with Gasteiger partial charge in [-0.15, -0.1) is 0 Å². The van der Waals surface area contributed by atoms with Crippen molar-refractivity contribution >= 4 is 23.3 Å². The molecule has 0 amide bonds. The number of benzene rings is 1. The number of esters is 1. The fourth-order valence-electron chi connectivity index (χ4n) is 2.41. The summed E-state index contributed by atoms with van der Waals surface area (Å²) >= 11 is 5.22. The number of ether oxygens (including phenoxy) is 2. The van der Waals surface area contributed by atoms with Gasteiger partial charge in [-0.2, -0.15) is 0 Å². The zero-order chi connectivity index (χ0) is 16.1. The summed E-state index contributed by atoms with van der Waals surface area (Å²) in [5.74, 6) is 0.362. The first-order valence-electron chi connectivity index (χ1n) is 7.25. The number of para-hydroxylation sites is 1. The van der Waals surface area contributed by atoms with Gasteiger partial charge in [-0.05, 0) is 39.1 Å². The smallest absolute Gasteiger partial charge is 0.338 e. The van der Waals surface area contributed by atoms with Crippen molar-refractivity contribution in [3.8, 4) is 5.75 Å². The van der Waals surface area contributed by atoms with Crippen LogP contribution in [0.5, 0.6) is 5.75 Å². The molecule has 1 unspecified atom stereocenters. The normalized spacial score (nSPS) is 17.6. The van der Waals surface area contributed by atoms with Crippen molar-refractivity contribution in [1.29, 1.82) is 0 Å². The lowest BCUT2D eigenvalue weighted by Gasteiger charge is -2.30. The Labute approximate surface area is 135 Å². The Morgan fingerprint density at radius 2 is 2.00 bits per heavy atom. The van der Waals surface area contributed by atoms with Crippen LogP contribution in [-0.2, 0) is 9.53 Å². The first-order valence-corrected chi connectivity index (χ1v) is 7.66. The molecule has 1 aliphatic rings. The number of hydrogen-bond acceptors (Lipinski definition) is 4. The molecule has 2 rings (SSSR count). The van der Waals surface area contributed by atoms with Crippen LogP contribution in [0.15, 0.2) is 35.5 Å². The highest BCUT2D eigenvalue weighted by atomic mass is 32.1. The molecule has 0 aromatic heterocycles. The molecule has 0 fully saturated rings. The van der Waals surface area contributed by atoms with E-state index in [2.05, 4.69) is 10.6 Å². The minimum absolute atomic E-state index is 0.319. The van der Waals surface area contributed by atoms with Gasteiger partial charge in [0, 0.05) is 11.3 Å². The fourth-order valence-corrected chi connectivity index (χ4v) is 2.68. The molecule has 1 aromatic carbocycles. The van der Waals surface area contributed by atoms with Crippen LogP contribution in [0.1, 0.15) is 32.4 Å². The number of allylic oxidation sites excluding steroid dienone is 1. The van der Waals surface area contributed by atoms with Gasteiger partial charge in [0.25, 0.3) is 0 Å². The van der Waals surface area contributed by atoms with Crippen LogP contribution in [0.3, 0.4) is 0 Å². The lowest BCUT2D eigenvalue weighted by atomic mass is 9.95. The summed E-state index contributed by atoms with van der Waals surface area (Å²) in [4.78, 5) is 12.3. The second-order valence-corrected chi connectivity index (χ2v) is 5.17. The maximum atomic E-state index is 12.3. The summed E-state index contributed by atoms with van der Waals surface area (Å²) in [6, 6.07) is 7.21. The quantitative estimate of drug-likeness (QED) is 0.642. The van der Waals surface area contributed by atoms with Gasteiger partial charge in [0.1, 0.15) is 5.75 Å². The Hall–Kier alpha value is -2.08. The van der Waals surface area contributed by atoms with Crippen LogP contribution in [0.2, 0.25) is 0 Å². The molecular formula is C16H20N2O3S. The summed E-state index contributed by atoms with van der Waals surface area (Å²) in [5.41, 5.74) is 2.07. The highest BCUT2D eigenvalue weighted by molar-refractivity contribution is 7.80. The van der Waals surface area contributed by atoms with E-state index in [0.717, 1.165) is 11.3 Å². The van der Waals surface area contributed by atoms with Crippen LogP contribution >= 0.6 is 12.2 Å². The summed E-state index contributed by atoms with van der Waals surface area (Å²) in [6.45, 7) is 6.38. The van der Waals surface area contributed by atoms with E-state index in [9.17, 15) is 4.79 Å². The zero-order valence-electron chi connectivity index (χ0n) is 12.9. The van der Waals surface area contributed by atoms with E-state index in [1.807, 2.05) is 38.1 Å². The van der Waals surface area contributed by atoms with Crippen LogP contribution in [-0.4, -0.2) is 24.3 Å². The number of thiocarbonyl (C=S) groups is 1. The monoisotopic (exact) mass is 320 g/mol. The molecule has 5 nitrogen and oxygen atoms in total. The fraction of sp³-hybridized carbons (Fsp3) is 0.375. The molecule has 1 heterocycles. The first kappa shape index (κ1) is 16.3. The van der Waals surface area contributed by atoms with E-state index in [4.69, 9.17) is 21.7 Å². The molecule has 0 saturated carbocycles. The molecule has 22 heavy (non-hydrogen) atoms. The summed E-state index contributed by atoms with van der Waals surface area (Å²) in [7, 11) is 0. The molecule has 0 saturated heterocycles. The highest BCUT2D eigenvalue weighted by Crippen LogP contribution is 2.33. The van der Waals surface area contributed by atoms with Crippen molar-refractivity contribution in [2.45, 2.75) is 26.8 Å². The maximum absolute atomic E-state index is 12.3. The van der Waals surface area contributed by atoms with E-state index in [-0.39, 0.29) is 5.97 Å². The molecule has 0 bridgehead atoms. The molecule has 0 spiro atoms. The molecule has 6 heteroatoms. The molecule has 1 atom stereocenters. The zero-order valence-corrected chi connectivity index (χ0v) is 13.8. The number of rotatable bonds is 5. The van der Waals surface area contributed by atoms with Crippen LogP contribution in [0.25, 0.3) is 0 Å². The largest absolute Gasteiger partial charge is 0.494 e. The summed E-state index contributed by atoms with van der Waals surface area (Å²) < 4.78 is 10.8. The molecule has 2 N–H and O–H groups in total. The Morgan fingerprint density at radius 3 is 2.68 bits per heavy atom. The third-order valence-electron chi connectivity index (χ3n) is 3.29. The number of nitrogens with one attached hydrogen (secondary N) is 2. The van der Waals surface area contributed by atoms with Crippen molar-refractivity contribution < 1.29 is 14.3 Å². The highest BCUT2D eigenvalue weighted by Gasteiger charge is 2.32. The molecule has 118 valence electrons. The summed E-state index contributed by atoms with van der Waals surface area (Å²) in [6.07, 6.45) is 0. The van der Waals surface area contributed by atoms with Crippen LogP contribution in [0.4, 0.5) is 0 Å². The number of carbonyl (C=O) groups excluding carboxylic acids is 1. The lowest BCUT2D eigenvalue weighted by Crippen LogP contribution is -2.45. The predicted molar refractivity (Wildman–Crippen MR) is 88.6 cm³/mol. The maximum Gasteiger partial charge on any atom is 0.338 e.